The minimum atomic E-state index is 0.0848. The lowest BCUT2D eigenvalue weighted by Gasteiger charge is -2.23. The van der Waals surface area contributed by atoms with E-state index in [1.807, 2.05) is 32.3 Å². The number of nitrogens with one attached hydrogen (secondary N) is 1. The van der Waals surface area contributed by atoms with Gasteiger partial charge in [-0.1, -0.05) is 6.07 Å². The molecule has 0 saturated heterocycles. The number of anilines is 1. The van der Waals surface area contributed by atoms with Crippen LogP contribution in [-0.2, 0) is 13.0 Å². The summed E-state index contributed by atoms with van der Waals surface area (Å²) in [5, 5.41) is 4.41. The first-order valence-electron chi connectivity index (χ1n) is 7.17. The zero-order valence-corrected chi connectivity index (χ0v) is 13.2. The summed E-state index contributed by atoms with van der Waals surface area (Å²) in [6.45, 7) is 3.58. The van der Waals surface area contributed by atoms with Gasteiger partial charge in [-0.2, -0.15) is 0 Å². The number of aromatic nitrogens is 1. The second kappa shape index (κ2) is 5.85. The van der Waals surface area contributed by atoms with Crippen LogP contribution < -0.4 is 5.32 Å². The Balaban J connectivity index is 1.81. The molecule has 4 nitrogen and oxygen atoms in total. The summed E-state index contributed by atoms with van der Waals surface area (Å²) < 4.78 is 0. The number of amides is 1. The van der Waals surface area contributed by atoms with E-state index in [4.69, 9.17) is 0 Å². The van der Waals surface area contributed by atoms with Crippen molar-refractivity contribution in [1.82, 2.24) is 9.88 Å². The van der Waals surface area contributed by atoms with E-state index in [0.717, 1.165) is 46.1 Å². The maximum absolute atomic E-state index is 12.7. The number of nitrogens with zero attached hydrogens (tertiary/aromatic N) is 2. The summed E-state index contributed by atoms with van der Waals surface area (Å²) in [4.78, 5) is 19.8. The van der Waals surface area contributed by atoms with Gasteiger partial charge in [-0.3, -0.25) is 4.79 Å². The van der Waals surface area contributed by atoms with Crippen LogP contribution in [0.2, 0.25) is 0 Å². The van der Waals surface area contributed by atoms with E-state index in [-0.39, 0.29) is 5.91 Å². The Morgan fingerprint density at radius 2 is 2.33 bits per heavy atom. The molecule has 21 heavy (non-hydrogen) atoms. The average molecular weight is 301 g/mol. The summed E-state index contributed by atoms with van der Waals surface area (Å²) >= 11 is 1.64. The zero-order chi connectivity index (χ0) is 14.8. The molecule has 2 aromatic rings. The van der Waals surface area contributed by atoms with Crippen LogP contribution >= 0.6 is 11.3 Å². The van der Waals surface area contributed by atoms with E-state index in [1.165, 1.54) is 0 Å². The lowest BCUT2D eigenvalue weighted by Crippen LogP contribution is -2.28. The predicted octanol–water partition coefficient (Wildman–Crippen LogP) is 3.08. The van der Waals surface area contributed by atoms with E-state index < -0.39 is 0 Å². The molecule has 0 unspecified atom stereocenters. The van der Waals surface area contributed by atoms with Crippen LogP contribution in [0.4, 0.5) is 5.69 Å². The van der Waals surface area contributed by atoms with Crippen molar-refractivity contribution in [3.05, 3.63) is 45.4 Å². The van der Waals surface area contributed by atoms with Gasteiger partial charge in [0.25, 0.3) is 5.91 Å². The Hall–Kier alpha value is -1.88. The van der Waals surface area contributed by atoms with Crippen LogP contribution in [0, 0.1) is 6.92 Å². The van der Waals surface area contributed by atoms with Crippen LogP contribution in [0.3, 0.4) is 0 Å². The number of carbonyl (C=O) groups excluding carboxylic acids is 1. The molecule has 1 amide bonds. The number of aryl methyl sites for hydroxylation is 1. The number of hydrogen-bond donors (Lipinski definition) is 1. The van der Waals surface area contributed by atoms with E-state index in [9.17, 15) is 4.79 Å². The topological polar surface area (TPSA) is 45.2 Å². The van der Waals surface area contributed by atoms with Gasteiger partial charge in [0.15, 0.2) is 0 Å². The van der Waals surface area contributed by atoms with Crippen molar-refractivity contribution in [3.8, 4) is 0 Å². The highest BCUT2D eigenvalue weighted by atomic mass is 32.1. The van der Waals surface area contributed by atoms with Gasteiger partial charge in [0, 0.05) is 35.9 Å². The number of rotatable bonds is 3. The average Bonchev–Trinajstić information content (AvgIpc) is 2.91. The SMILES string of the molecule is Cc1ncc(CN(C)C(=O)c2cccc3c2CCCN3)s1. The molecule has 0 saturated carbocycles. The van der Waals surface area contributed by atoms with E-state index in [1.54, 1.807) is 16.2 Å². The number of carbonyl (C=O) groups is 1. The molecule has 1 aliphatic heterocycles. The minimum Gasteiger partial charge on any atom is -0.385 e. The van der Waals surface area contributed by atoms with Crippen molar-refractivity contribution in [1.29, 1.82) is 0 Å². The summed E-state index contributed by atoms with van der Waals surface area (Å²) in [7, 11) is 1.85. The molecule has 0 spiro atoms. The van der Waals surface area contributed by atoms with Crippen LogP contribution in [0.25, 0.3) is 0 Å². The molecule has 110 valence electrons. The molecule has 0 aliphatic carbocycles. The summed E-state index contributed by atoms with van der Waals surface area (Å²) in [5.74, 6) is 0.0848. The second-order valence-corrected chi connectivity index (χ2v) is 6.69. The third-order valence-electron chi connectivity index (χ3n) is 3.73. The van der Waals surface area contributed by atoms with Gasteiger partial charge in [-0.25, -0.2) is 4.98 Å². The molecule has 5 heteroatoms. The van der Waals surface area contributed by atoms with Gasteiger partial charge in [0.1, 0.15) is 0 Å². The van der Waals surface area contributed by atoms with Crippen LogP contribution in [0.5, 0.6) is 0 Å². The Labute approximate surface area is 128 Å². The van der Waals surface area contributed by atoms with Crippen molar-refractivity contribution in [2.45, 2.75) is 26.3 Å². The fourth-order valence-electron chi connectivity index (χ4n) is 2.70. The molecule has 1 aromatic heterocycles. The fraction of sp³-hybridized carbons (Fsp3) is 0.375. The van der Waals surface area contributed by atoms with Crippen molar-refractivity contribution >= 4 is 22.9 Å². The maximum atomic E-state index is 12.7. The molecule has 0 fully saturated rings. The Morgan fingerprint density at radius 3 is 3.10 bits per heavy atom. The molecule has 2 heterocycles. The Morgan fingerprint density at radius 1 is 1.48 bits per heavy atom. The van der Waals surface area contributed by atoms with Gasteiger partial charge >= 0.3 is 0 Å². The normalized spacial score (nSPS) is 13.4. The first-order chi connectivity index (χ1) is 10.1. The van der Waals surface area contributed by atoms with E-state index >= 15 is 0 Å². The first-order valence-corrected chi connectivity index (χ1v) is 7.99. The molecule has 1 aromatic carbocycles. The molecule has 0 radical (unpaired) electrons. The maximum Gasteiger partial charge on any atom is 0.254 e. The summed E-state index contributed by atoms with van der Waals surface area (Å²) in [5.41, 5.74) is 3.08. The quantitative estimate of drug-likeness (QED) is 0.947. The van der Waals surface area contributed by atoms with Gasteiger partial charge < -0.3 is 10.2 Å². The lowest BCUT2D eigenvalue weighted by molar-refractivity contribution is 0.0785. The third kappa shape index (κ3) is 2.93. The Kier molecular flexibility index (Phi) is 3.92. The highest BCUT2D eigenvalue weighted by molar-refractivity contribution is 7.11. The largest absolute Gasteiger partial charge is 0.385 e. The van der Waals surface area contributed by atoms with Gasteiger partial charge in [-0.05, 0) is 37.5 Å². The third-order valence-corrected chi connectivity index (χ3v) is 4.63. The molecule has 3 rings (SSSR count). The summed E-state index contributed by atoms with van der Waals surface area (Å²) in [6, 6.07) is 5.94. The number of thiazole rings is 1. The van der Waals surface area contributed by atoms with Crippen LogP contribution in [0.15, 0.2) is 24.4 Å². The minimum absolute atomic E-state index is 0.0848. The fourth-order valence-corrected chi connectivity index (χ4v) is 3.55. The lowest BCUT2D eigenvalue weighted by atomic mass is 9.97. The number of fused-ring (bicyclic) bond motifs is 1. The van der Waals surface area contributed by atoms with Crippen molar-refractivity contribution in [2.24, 2.45) is 0 Å². The van der Waals surface area contributed by atoms with Gasteiger partial charge in [-0.15, -0.1) is 11.3 Å². The van der Waals surface area contributed by atoms with Crippen molar-refractivity contribution in [3.63, 3.8) is 0 Å². The Bertz CT molecular complexity index is 665. The standard InChI is InChI=1S/C16H19N3OS/c1-11-18-9-12(21-11)10-19(2)16(20)14-5-3-7-15-13(14)6-4-8-17-15/h3,5,7,9,17H,4,6,8,10H2,1-2H3. The zero-order valence-electron chi connectivity index (χ0n) is 12.3. The van der Waals surface area contributed by atoms with Gasteiger partial charge in [0.05, 0.1) is 11.6 Å². The van der Waals surface area contributed by atoms with Gasteiger partial charge in [0.2, 0.25) is 0 Å². The molecule has 1 N–H and O–H groups in total. The number of hydrogen-bond acceptors (Lipinski definition) is 4. The van der Waals surface area contributed by atoms with Crippen molar-refractivity contribution in [2.75, 3.05) is 18.9 Å². The number of benzene rings is 1. The van der Waals surface area contributed by atoms with Crippen molar-refractivity contribution < 1.29 is 4.79 Å². The smallest absolute Gasteiger partial charge is 0.254 e. The molecule has 0 bridgehead atoms. The monoisotopic (exact) mass is 301 g/mol. The van der Waals surface area contributed by atoms with E-state index in [2.05, 4.69) is 16.4 Å². The van der Waals surface area contributed by atoms with Crippen LogP contribution in [-0.4, -0.2) is 29.4 Å². The summed E-state index contributed by atoms with van der Waals surface area (Å²) in [6.07, 6.45) is 3.90. The molecule has 1 aliphatic rings. The highest BCUT2D eigenvalue weighted by Gasteiger charge is 2.20. The molecule has 0 atom stereocenters. The molecular formula is C16H19N3OS. The second-order valence-electron chi connectivity index (χ2n) is 5.37. The molecular weight excluding hydrogens is 282 g/mol. The van der Waals surface area contributed by atoms with Crippen LogP contribution in [0.1, 0.15) is 32.2 Å². The highest BCUT2D eigenvalue weighted by Crippen LogP contribution is 2.26. The predicted molar refractivity (Wildman–Crippen MR) is 85.9 cm³/mol. The first kappa shape index (κ1) is 14.1. The van der Waals surface area contributed by atoms with E-state index in [0.29, 0.717) is 6.54 Å².